The van der Waals surface area contributed by atoms with E-state index in [2.05, 4.69) is 11.4 Å². The zero-order valence-electron chi connectivity index (χ0n) is 9.66. The topological polar surface area (TPSA) is 46.2 Å². The Bertz CT molecular complexity index is 346. The SMILES string of the molecule is CC(=O)C(C)NC(=O)CCCc1cccs1. The third kappa shape index (κ3) is 4.57. The molecule has 16 heavy (non-hydrogen) atoms. The summed E-state index contributed by atoms with van der Waals surface area (Å²) in [6, 6.07) is 3.72. The average Bonchev–Trinajstić information content (AvgIpc) is 2.70. The van der Waals surface area contributed by atoms with Gasteiger partial charge >= 0.3 is 0 Å². The Labute approximate surface area is 99.9 Å². The summed E-state index contributed by atoms with van der Waals surface area (Å²) in [5.74, 6) is -0.0501. The molecule has 1 aromatic rings. The Morgan fingerprint density at radius 3 is 2.81 bits per heavy atom. The van der Waals surface area contributed by atoms with E-state index in [1.165, 1.54) is 11.8 Å². The lowest BCUT2D eigenvalue weighted by molar-refractivity contribution is -0.126. The van der Waals surface area contributed by atoms with Crippen molar-refractivity contribution in [3.05, 3.63) is 22.4 Å². The molecule has 0 fully saturated rings. The van der Waals surface area contributed by atoms with E-state index in [-0.39, 0.29) is 17.7 Å². The molecule has 3 nitrogen and oxygen atoms in total. The van der Waals surface area contributed by atoms with E-state index < -0.39 is 0 Å². The molecule has 0 saturated heterocycles. The highest BCUT2D eigenvalue weighted by molar-refractivity contribution is 7.09. The minimum atomic E-state index is -0.366. The van der Waals surface area contributed by atoms with E-state index in [9.17, 15) is 9.59 Å². The van der Waals surface area contributed by atoms with Gasteiger partial charge in [0.15, 0.2) is 5.78 Å². The monoisotopic (exact) mass is 239 g/mol. The number of ketones is 1. The van der Waals surface area contributed by atoms with E-state index in [0.717, 1.165) is 12.8 Å². The molecular weight excluding hydrogens is 222 g/mol. The first kappa shape index (κ1) is 12.9. The number of aryl methyl sites for hydroxylation is 1. The maximum absolute atomic E-state index is 11.4. The van der Waals surface area contributed by atoms with Crippen molar-refractivity contribution in [3.8, 4) is 0 Å². The number of nitrogens with one attached hydrogen (secondary N) is 1. The highest BCUT2D eigenvalue weighted by Gasteiger charge is 2.10. The lowest BCUT2D eigenvalue weighted by atomic mass is 10.2. The third-order valence-electron chi connectivity index (χ3n) is 2.39. The van der Waals surface area contributed by atoms with Crippen molar-refractivity contribution >= 4 is 23.0 Å². The standard InChI is InChI=1S/C12H17NO2S/c1-9(10(2)14)13-12(15)7-3-5-11-6-4-8-16-11/h4,6,8-9H,3,5,7H2,1-2H3,(H,13,15). The molecule has 1 heterocycles. The van der Waals surface area contributed by atoms with Crippen LogP contribution in [0.15, 0.2) is 17.5 Å². The first-order valence-corrected chi connectivity index (χ1v) is 6.29. The van der Waals surface area contributed by atoms with Crippen LogP contribution in [0.1, 0.15) is 31.6 Å². The molecular formula is C12H17NO2S. The smallest absolute Gasteiger partial charge is 0.220 e. The highest BCUT2D eigenvalue weighted by atomic mass is 32.1. The first-order chi connectivity index (χ1) is 7.59. The molecule has 1 unspecified atom stereocenters. The van der Waals surface area contributed by atoms with Crippen LogP contribution in [0.3, 0.4) is 0 Å². The summed E-state index contributed by atoms with van der Waals surface area (Å²) in [7, 11) is 0. The molecule has 1 N–H and O–H groups in total. The quantitative estimate of drug-likeness (QED) is 0.827. The number of hydrogen-bond acceptors (Lipinski definition) is 3. The minimum absolute atomic E-state index is 0.00777. The fraction of sp³-hybridized carbons (Fsp3) is 0.500. The molecule has 1 aromatic heterocycles. The van der Waals surface area contributed by atoms with Crippen molar-refractivity contribution in [1.82, 2.24) is 5.32 Å². The van der Waals surface area contributed by atoms with Gasteiger partial charge in [-0.1, -0.05) is 6.07 Å². The first-order valence-electron chi connectivity index (χ1n) is 5.42. The van der Waals surface area contributed by atoms with Gasteiger partial charge in [0.05, 0.1) is 6.04 Å². The van der Waals surface area contributed by atoms with Gasteiger partial charge in [-0.05, 0) is 38.1 Å². The molecule has 0 aliphatic carbocycles. The Morgan fingerprint density at radius 1 is 1.50 bits per heavy atom. The predicted molar refractivity (Wildman–Crippen MR) is 65.5 cm³/mol. The number of amides is 1. The number of thiophene rings is 1. The van der Waals surface area contributed by atoms with Crippen LogP contribution in [0.4, 0.5) is 0 Å². The van der Waals surface area contributed by atoms with Crippen LogP contribution in [0.25, 0.3) is 0 Å². The summed E-state index contributed by atoms with van der Waals surface area (Å²) in [5.41, 5.74) is 0. The van der Waals surface area contributed by atoms with Gasteiger partial charge in [0, 0.05) is 11.3 Å². The molecule has 0 saturated carbocycles. The van der Waals surface area contributed by atoms with E-state index in [1.54, 1.807) is 18.3 Å². The maximum Gasteiger partial charge on any atom is 0.220 e. The van der Waals surface area contributed by atoms with Gasteiger partial charge in [0.1, 0.15) is 0 Å². The number of carbonyl (C=O) groups is 2. The average molecular weight is 239 g/mol. The second kappa shape index (κ2) is 6.43. The molecule has 1 rings (SSSR count). The summed E-state index contributed by atoms with van der Waals surface area (Å²) in [6.07, 6.45) is 2.24. The van der Waals surface area contributed by atoms with E-state index >= 15 is 0 Å². The van der Waals surface area contributed by atoms with E-state index in [4.69, 9.17) is 0 Å². The van der Waals surface area contributed by atoms with Gasteiger partial charge in [0.2, 0.25) is 5.91 Å². The van der Waals surface area contributed by atoms with Crippen molar-refractivity contribution in [2.24, 2.45) is 0 Å². The van der Waals surface area contributed by atoms with Gasteiger partial charge < -0.3 is 5.32 Å². The second-order valence-electron chi connectivity index (χ2n) is 3.83. The molecule has 0 radical (unpaired) electrons. The minimum Gasteiger partial charge on any atom is -0.347 e. The fourth-order valence-corrected chi connectivity index (χ4v) is 2.04. The molecule has 0 aliphatic heterocycles. The van der Waals surface area contributed by atoms with Crippen LogP contribution in [-0.2, 0) is 16.0 Å². The van der Waals surface area contributed by atoms with Gasteiger partial charge in [-0.3, -0.25) is 9.59 Å². The molecule has 4 heteroatoms. The second-order valence-corrected chi connectivity index (χ2v) is 4.87. The summed E-state index contributed by atoms with van der Waals surface area (Å²) < 4.78 is 0. The van der Waals surface area contributed by atoms with Crippen LogP contribution >= 0.6 is 11.3 Å². The van der Waals surface area contributed by atoms with Crippen LogP contribution in [-0.4, -0.2) is 17.7 Å². The van der Waals surface area contributed by atoms with Crippen molar-refractivity contribution < 1.29 is 9.59 Å². The van der Waals surface area contributed by atoms with Crippen LogP contribution in [0.5, 0.6) is 0 Å². The Balaban J connectivity index is 2.18. The maximum atomic E-state index is 11.4. The third-order valence-corrected chi connectivity index (χ3v) is 3.33. The lowest BCUT2D eigenvalue weighted by Crippen LogP contribution is -2.37. The molecule has 1 atom stereocenters. The predicted octanol–water partition coefficient (Wildman–Crippen LogP) is 2.16. The number of hydrogen-bond donors (Lipinski definition) is 1. The van der Waals surface area contributed by atoms with Crippen LogP contribution in [0.2, 0.25) is 0 Å². The van der Waals surface area contributed by atoms with Gasteiger partial charge in [-0.2, -0.15) is 0 Å². The zero-order valence-corrected chi connectivity index (χ0v) is 10.5. The Hall–Kier alpha value is -1.16. The Kier molecular flexibility index (Phi) is 5.19. The molecule has 88 valence electrons. The van der Waals surface area contributed by atoms with Crippen molar-refractivity contribution in [1.29, 1.82) is 0 Å². The van der Waals surface area contributed by atoms with E-state index in [0.29, 0.717) is 6.42 Å². The molecule has 0 bridgehead atoms. The number of Topliss-reactive ketones (excluding diaryl/α,β-unsaturated/α-hetero) is 1. The molecule has 0 aromatic carbocycles. The Morgan fingerprint density at radius 2 is 2.25 bits per heavy atom. The zero-order chi connectivity index (χ0) is 12.0. The normalized spacial score (nSPS) is 12.1. The fourth-order valence-electron chi connectivity index (χ4n) is 1.29. The number of rotatable bonds is 6. The van der Waals surface area contributed by atoms with E-state index in [1.807, 2.05) is 11.4 Å². The van der Waals surface area contributed by atoms with Crippen molar-refractivity contribution in [2.45, 2.75) is 39.2 Å². The molecule has 0 spiro atoms. The van der Waals surface area contributed by atoms with Gasteiger partial charge in [0.25, 0.3) is 0 Å². The van der Waals surface area contributed by atoms with Crippen LogP contribution in [0, 0.1) is 0 Å². The van der Waals surface area contributed by atoms with Crippen molar-refractivity contribution in [3.63, 3.8) is 0 Å². The summed E-state index contributed by atoms with van der Waals surface area (Å²) in [5, 5.41) is 4.71. The largest absolute Gasteiger partial charge is 0.347 e. The van der Waals surface area contributed by atoms with Gasteiger partial charge in [-0.25, -0.2) is 0 Å². The van der Waals surface area contributed by atoms with Crippen LogP contribution < -0.4 is 5.32 Å². The lowest BCUT2D eigenvalue weighted by Gasteiger charge is -2.09. The molecule has 1 amide bonds. The summed E-state index contributed by atoms with van der Waals surface area (Å²) >= 11 is 1.71. The summed E-state index contributed by atoms with van der Waals surface area (Å²) in [6.45, 7) is 3.19. The molecule has 0 aliphatic rings. The van der Waals surface area contributed by atoms with Crippen molar-refractivity contribution in [2.75, 3.05) is 0 Å². The summed E-state index contributed by atoms with van der Waals surface area (Å²) in [4.78, 5) is 23.7. The van der Waals surface area contributed by atoms with Gasteiger partial charge in [-0.15, -0.1) is 11.3 Å². The number of carbonyl (C=O) groups excluding carboxylic acids is 2. The highest BCUT2D eigenvalue weighted by Crippen LogP contribution is 2.11.